The minimum Gasteiger partial charge on any atom is -0.410 e. The zero-order valence-electron chi connectivity index (χ0n) is 18.3. The number of carbonyl (C=O) groups excluding carboxylic acids is 1. The molecule has 1 saturated carbocycles. The molecule has 3 aromatic rings. The highest BCUT2D eigenvalue weighted by molar-refractivity contribution is 5.80. The number of benzene rings is 1. The van der Waals surface area contributed by atoms with E-state index in [4.69, 9.17) is 10.5 Å². The van der Waals surface area contributed by atoms with Gasteiger partial charge in [0.05, 0.1) is 23.3 Å². The number of anilines is 4. The summed E-state index contributed by atoms with van der Waals surface area (Å²) >= 11 is 0. The molecule has 1 aromatic carbocycles. The van der Waals surface area contributed by atoms with Crippen LogP contribution in [0.2, 0.25) is 0 Å². The lowest BCUT2D eigenvalue weighted by Gasteiger charge is -2.35. The van der Waals surface area contributed by atoms with Gasteiger partial charge in [-0.05, 0) is 32.0 Å². The number of nitrogens with two attached hydrogens (primary N) is 1. The van der Waals surface area contributed by atoms with Crippen molar-refractivity contribution in [2.24, 2.45) is 5.73 Å². The van der Waals surface area contributed by atoms with E-state index in [2.05, 4.69) is 43.6 Å². The minimum absolute atomic E-state index is 0.334. The summed E-state index contributed by atoms with van der Waals surface area (Å²) in [6.45, 7) is 3.61. The van der Waals surface area contributed by atoms with Gasteiger partial charge in [0, 0.05) is 44.4 Å². The molecule has 5 rings (SSSR count). The number of ether oxygens (including phenoxy) is 1. The van der Waals surface area contributed by atoms with E-state index in [0.717, 1.165) is 56.1 Å². The fraction of sp³-hybridized carbons (Fsp3) is 0.364. The lowest BCUT2D eigenvalue weighted by atomic mass is 10.2. The summed E-state index contributed by atoms with van der Waals surface area (Å²) in [7, 11) is 2.10. The quantitative estimate of drug-likeness (QED) is 0.519. The van der Waals surface area contributed by atoms with Gasteiger partial charge >= 0.3 is 6.09 Å². The van der Waals surface area contributed by atoms with Crippen molar-refractivity contribution >= 4 is 34.6 Å². The van der Waals surface area contributed by atoms with E-state index in [1.165, 1.54) is 10.7 Å². The first-order valence-electron chi connectivity index (χ1n) is 10.9. The predicted octanol–water partition coefficient (Wildman–Crippen LogP) is 2.13. The highest BCUT2D eigenvalue weighted by Crippen LogP contribution is 2.35. The highest BCUT2D eigenvalue weighted by Gasteiger charge is 2.24. The topological polar surface area (TPSA) is 137 Å². The SMILES string of the molecule is CN1CCN(c2ccc(OC(N)=O)cc2Nc2cc(NC3CC3)c3ncc(C#N)n3n2)CC1. The number of rotatable bonds is 6. The summed E-state index contributed by atoms with van der Waals surface area (Å²) in [4.78, 5) is 20.2. The maximum absolute atomic E-state index is 11.3. The van der Waals surface area contributed by atoms with Crippen molar-refractivity contribution in [1.29, 1.82) is 5.26 Å². The number of imidazole rings is 1. The van der Waals surface area contributed by atoms with Crippen molar-refractivity contribution < 1.29 is 9.53 Å². The van der Waals surface area contributed by atoms with Crippen LogP contribution in [-0.4, -0.2) is 64.9 Å². The molecule has 1 amide bonds. The van der Waals surface area contributed by atoms with Crippen molar-refractivity contribution in [3.05, 3.63) is 36.2 Å². The number of primary amides is 1. The van der Waals surface area contributed by atoms with E-state index in [9.17, 15) is 10.1 Å². The number of amides is 1. The van der Waals surface area contributed by atoms with Gasteiger partial charge in [-0.2, -0.15) is 9.78 Å². The van der Waals surface area contributed by atoms with E-state index < -0.39 is 6.09 Å². The molecule has 0 bridgehead atoms. The second-order valence-corrected chi connectivity index (χ2v) is 8.37. The average molecular weight is 448 g/mol. The van der Waals surface area contributed by atoms with Crippen LogP contribution in [0.5, 0.6) is 5.75 Å². The number of hydrogen-bond acceptors (Lipinski definition) is 9. The second-order valence-electron chi connectivity index (χ2n) is 8.37. The zero-order chi connectivity index (χ0) is 22.9. The first-order valence-corrected chi connectivity index (χ1v) is 10.9. The van der Waals surface area contributed by atoms with Crippen LogP contribution < -0.4 is 26.0 Å². The highest BCUT2D eigenvalue weighted by atomic mass is 16.5. The second kappa shape index (κ2) is 8.48. The van der Waals surface area contributed by atoms with Gasteiger partial charge in [0.15, 0.2) is 17.2 Å². The molecule has 1 aliphatic carbocycles. The number of piperazine rings is 1. The third kappa shape index (κ3) is 4.47. The molecule has 170 valence electrons. The van der Waals surface area contributed by atoms with Crippen LogP contribution in [0.1, 0.15) is 18.5 Å². The lowest BCUT2D eigenvalue weighted by molar-refractivity contribution is 0.211. The van der Waals surface area contributed by atoms with Gasteiger partial charge in [-0.1, -0.05) is 0 Å². The third-order valence-corrected chi connectivity index (χ3v) is 5.81. The summed E-state index contributed by atoms with van der Waals surface area (Å²) in [5.74, 6) is 0.868. The molecule has 0 atom stereocenters. The molecule has 1 saturated heterocycles. The molecule has 0 spiro atoms. The molecule has 2 fully saturated rings. The van der Waals surface area contributed by atoms with Crippen molar-refractivity contribution in [2.45, 2.75) is 18.9 Å². The Morgan fingerprint density at radius 2 is 2.00 bits per heavy atom. The smallest absolute Gasteiger partial charge is 0.409 e. The number of likely N-dealkylation sites (N-methyl/N-ethyl adjacent to an activating group) is 1. The summed E-state index contributed by atoms with van der Waals surface area (Å²) in [6, 6.07) is 9.79. The monoisotopic (exact) mass is 447 g/mol. The summed E-state index contributed by atoms with van der Waals surface area (Å²) in [5, 5.41) is 20.9. The van der Waals surface area contributed by atoms with Crippen molar-refractivity contribution in [3.63, 3.8) is 0 Å². The maximum atomic E-state index is 11.3. The van der Waals surface area contributed by atoms with Crippen molar-refractivity contribution in [3.8, 4) is 11.8 Å². The number of hydrogen-bond donors (Lipinski definition) is 3. The number of nitrogens with zero attached hydrogens (tertiary/aromatic N) is 6. The summed E-state index contributed by atoms with van der Waals surface area (Å²) in [5.41, 5.74) is 8.66. The Hall–Kier alpha value is -4.04. The van der Waals surface area contributed by atoms with Crippen molar-refractivity contribution in [1.82, 2.24) is 19.5 Å². The Balaban J connectivity index is 1.54. The molecule has 3 heterocycles. The van der Waals surface area contributed by atoms with Crippen molar-refractivity contribution in [2.75, 3.05) is 48.8 Å². The number of fused-ring (bicyclic) bond motifs is 1. The zero-order valence-corrected chi connectivity index (χ0v) is 18.3. The number of nitrogens with one attached hydrogen (secondary N) is 2. The Bertz CT molecular complexity index is 1240. The first-order chi connectivity index (χ1) is 16.0. The largest absolute Gasteiger partial charge is 0.410 e. The molecule has 11 heteroatoms. The molecule has 2 aromatic heterocycles. The van der Waals surface area contributed by atoms with Gasteiger partial charge in [0.1, 0.15) is 11.8 Å². The molecule has 0 unspecified atom stereocenters. The Morgan fingerprint density at radius 1 is 1.21 bits per heavy atom. The van der Waals surface area contributed by atoms with E-state index in [0.29, 0.717) is 29.0 Å². The van der Waals surface area contributed by atoms with Crippen LogP contribution in [-0.2, 0) is 0 Å². The Morgan fingerprint density at radius 3 is 2.70 bits per heavy atom. The number of nitriles is 1. The van der Waals surface area contributed by atoms with Crippen LogP contribution in [0.3, 0.4) is 0 Å². The fourth-order valence-corrected chi connectivity index (χ4v) is 3.92. The average Bonchev–Trinajstić information content (AvgIpc) is 3.50. The predicted molar refractivity (Wildman–Crippen MR) is 124 cm³/mol. The summed E-state index contributed by atoms with van der Waals surface area (Å²) < 4.78 is 6.65. The number of aromatic nitrogens is 3. The molecule has 4 N–H and O–H groups in total. The Labute approximate surface area is 190 Å². The van der Waals surface area contributed by atoms with Gasteiger partial charge < -0.3 is 30.9 Å². The molecule has 33 heavy (non-hydrogen) atoms. The standard InChI is InChI=1S/C22H25N9O2/c1-29-6-8-30(9-7-29)19-5-4-16(33-22(24)32)10-17(19)27-20-11-18(26-14-2-3-14)21-25-13-15(12-23)31(21)28-20/h4-5,10-11,13-14,26H,2-3,6-9H2,1H3,(H2,24,32)(H,27,28). The fourth-order valence-electron chi connectivity index (χ4n) is 3.92. The van der Waals surface area contributed by atoms with Gasteiger partial charge in [0.25, 0.3) is 0 Å². The van der Waals surface area contributed by atoms with Gasteiger partial charge in [-0.25, -0.2) is 9.78 Å². The van der Waals surface area contributed by atoms with E-state index in [1.807, 2.05) is 12.1 Å². The normalized spacial score (nSPS) is 16.4. The van der Waals surface area contributed by atoms with Crippen LogP contribution >= 0.6 is 0 Å². The molecule has 2 aliphatic rings. The molecule has 11 nitrogen and oxygen atoms in total. The molecule has 1 aliphatic heterocycles. The number of carbonyl (C=O) groups is 1. The molecular weight excluding hydrogens is 422 g/mol. The minimum atomic E-state index is -0.874. The van der Waals surface area contributed by atoms with Gasteiger partial charge in [-0.15, -0.1) is 5.10 Å². The molecule has 0 radical (unpaired) electrons. The van der Waals surface area contributed by atoms with E-state index in [1.54, 1.807) is 12.1 Å². The van der Waals surface area contributed by atoms with Gasteiger partial charge in [-0.3, -0.25) is 0 Å². The van der Waals surface area contributed by atoms with Crippen LogP contribution in [0.25, 0.3) is 5.65 Å². The third-order valence-electron chi connectivity index (χ3n) is 5.81. The van der Waals surface area contributed by atoms with Crippen LogP contribution in [0, 0.1) is 11.3 Å². The van der Waals surface area contributed by atoms with E-state index in [-0.39, 0.29) is 0 Å². The Kier molecular flexibility index (Phi) is 5.35. The lowest BCUT2D eigenvalue weighted by Crippen LogP contribution is -2.44. The van der Waals surface area contributed by atoms with Crippen LogP contribution in [0.4, 0.5) is 27.7 Å². The maximum Gasteiger partial charge on any atom is 0.409 e. The molecular formula is C22H25N9O2. The first kappa shape index (κ1) is 20.8. The van der Waals surface area contributed by atoms with E-state index >= 15 is 0 Å². The van der Waals surface area contributed by atoms with Crippen LogP contribution in [0.15, 0.2) is 30.5 Å². The van der Waals surface area contributed by atoms with Gasteiger partial charge in [0.2, 0.25) is 0 Å². The summed E-state index contributed by atoms with van der Waals surface area (Å²) in [6.07, 6.45) is 2.84.